The highest BCUT2D eigenvalue weighted by Gasteiger charge is 2.49. The van der Waals surface area contributed by atoms with E-state index in [1.54, 1.807) is 0 Å². The first-order chi connectivity index (χ1) is 8.36. The summed E-state index contributed by atoms with van der Waals surface area (Å²) in [6.07, 6.45) is 7.36. The predicted molar refractivity (Wildman–Crippen MR) is 74.2 cm³/mol. The summed E-state index contributed by atoms with van der Waals surface area (Å²) < 4.78 is 0. The molecule has 17 heavy (non-hydrogen) atoms. The quantitative estimate of drug-likeness (QED) is 0.654. The average Bonchev–Trinajstić information content (AvgIpc) is 3.08. The number of nitrogens with zero attached hydrogens (tertiary/aromatic N) is 1. The smallest absolute Gasteiger partial charge is 0.000687 e. The van der Waals surface area contributed by atoms with Gasteiger partial charge in [-0.1, -0.05) is 26.7 Å². The molecule has 2 saturated carbocycles. The first-order valence-corrected chi connectivity index (χ1v) is 7.79. The van der Waals surface area contributed by atoms with E-state index < -0.39 is 0 Å². The minimum atomic E-state index is 1.05. The molecule has 2 atom stereocenters. The van der Waals surface area contributed by atoms with Gasteiger partial charge in [0.2, 0.25) is 0 Å². The van der Waals surface area contributed by atoms with Crippen LogP contribution in [0, 0.1) is 17.8 Å². The summed E-state index contributed by atoms with van der Waals surface area (Å²) >= 11 is 0. The second kappa shape index (κ2) is 6.75. The van der Waals surface area contributed by atoms with Gasteiger partial charge in [0.15, 0.2) is 0 Å². The third-order valence-electron chi connectivity index (χ3n) is 4.94. The Kier molecular flexibility index (Phi) is 5.30. The van der Waals surface area contributed by atoms with Gasteiger partial charge in [0.05, 0.1) is 0 Å². The van der Waals surface area contributed by atoms with Gasteiger partial charge in [-0.2, -0.15) is 0 Å². The normalized spacial score (nSPS) is 31.6. The van der Waals surface area contributed by atoms with Crippen molar-refractivity contribution >= 4 is 0 Å². The largest absolute Gasteiger partial charge is 0.316 e. The van der Waals surface area contributed by atoms with Crippen LogP contribution in [0.5, 0.6) is 0 Å². The summed E-state index contributed by atoms with van der Waals surface area (Å²) in [4.78, 5) is 2.51. The minimum absolute atomic E-state index is 1.05. The summed E-state index contributed by atoms with van der Waals surface area (Å²) in [6, 6.07) is 0. The van der Waals surface area contributed by atoms with Crippen molar-refractivity contribution in [2.75, 3.05) is 32.7 Å². The molecule has 0 saturated heterocycles. The number of fused-ring (bicyclic) bond motifs is 1. The number of hydrogen-bond donors (Lipinski definition) is 1. The highest BCUT2D eigenvalue weighted by Crippen LogP contribution is 2.54. The molecule has 2 unspecified atom stereocenters. The zero-order valence-electron chi connectivity index (χ0n) is 11.8. The van der Waals surface area contributed by atoms with Crippen molar-refractivity contribution in [3.8, 4) is 0 Å². The zero-order valence-corrected chi connectivity index (χ0v) is 11.8. The molecule has 1 N–H and O–H groups in total. The molecule has 100 valence electrons. The van der Waals surface area contributed by atoms with E-state index in [9.17, 15) is 0 Å². The molecule has 0 amide bonds. The van der Waals surface area contributed by atoms with E-state index in [0.29, 0.717) is 0 Å². The maximum Gasteiger partial charge on any atom is -0.000687 e. The van der Waals surface area contributed by atoms with E-state index in [4.69, 9.17) is 0 Å². The Bertz CT molecular complexity index is 201. The topological polar surface area (TPSA) is 15.3 Å². The SMILES string of the molecule is CCN(CC)CCCNCC1C2CCCCC21. The molecule has 2 aliphatic carbocycles. The van der Waals surface area contributed by atoms with Gasteiger partial charge < -0.3 is 10.2 Å². The summed E-state index contributed by atoms with van der Waals surface area (Å²) in [5, 5.41) is 3.68. The zero-order chi connectivity index (χ0) is 12.1. The van der Waals surface area contributed by atoms with Gasteiger partial charge in [0.1, 0.15) is 0 Å². The molecule has 0 aromatic heterocycles. The van der Waals surface area contributed by atoms with Gasteiger partial charge in [-0.3, -0.25) is 0 Å². The van der Waals surface area contributed by atoms with Crippen LogP contribution in [0.2, 0.25) is 0 Å². The third-order valence-corrected chi connectivity index (χ3v) is 4.94. The second-order valence-electron chi connectivity index (χ2n) is 5.86. The van der Waals surface area contributed by atoms with Crippen LogP contribution in [0.1, 0.15) is 46.0 Å². The molecule has 2 fully saturated rings. The second-order valence-corrected chi connectivity index (χ2v) is 5.86. The lowest BCUT2D eigenvalue weighted by atomic mass is 10.0. The average molecular weight is 238 g/mol. The van der Waals surface area contributed by atoms with Gasteiger partial charge in [-0.25, -0.2) is 0 Å². The Morgan fingerprint density at radius 3 is 2.29 bits per heavy atom. The molecule has 0 heterocycles. The molecule has 0 spiro atoms. The molecule has 0 bridgehead atoms. The van der Waals surface area contributed by atoms with E-state index in [0.717, 1.165) is 17.8 Å². The van der Waals surface area contributed by atoms with Gasteiger partial charge >= 0.3 is 0 Å². The number of nitrogens with one attached hydrogen (secondary N) is 1. The highest BCUT2D eigenvalue weighted by molar-refractivity contribution is 4.99. The van der Waals surface area contributed by atoms with Crippen LogP contribution in [-0.4, -0.2) is 37.6 Å². The Labute approximate surface area is 107 Å². The summed E-state index contributed by atoms with van der Waals surface area (Å²) in [5.74, 6) is 3.27. The van der Waals surface area contributed by atoms with Crippen LogP contribution < -0.4 is 5.32 Å². The van der Waals surface area contributed by atoms with Crippen LogP contribution in [0.15, 0.2) is 0 Å². The molecule has 0 aliphatic heterocycles. The van der Waals surface area contributed by atoms with Gasteiger partial charge in [-0.05, 0) is 69.7 Å². The number of rotatable bonds is 8. The van der Waals surface area contributed by atoms with E-state index >= 15 is 0 Å². The maximum absolute atomic E-state index is 3.68. The molecule has 2 rings (SSSR count). The lowest BCUT2D eigenvalue weighted by Gasteiger charge is -2.17. The Morgan fingerprint density at radius 2 is 1.71 bits per heavy atom. The van der Waals surface area contributed by atoms with Crippen LogP contribution in [-0.2, 0) is 0 Å². The van der Waals surface area contributed by atoms with Crippen molar-refractivity contribution in [3.05, 3.63) is 0 Å². The fourth-order valence-corrected chi connectivity index (χ4v) is 3.68. The Morgan fingerprint density at radius 1 is 1.06 bits per heavy atom. The van der Waals surface area contributed by atoms with Crippen molar-refractivity contribution < 1.29 is 0 Å². The molecule has 2 nitrogen and oxygen atoms in total. The summed E-state index contributed by atoms with van der Waals surface area (Å²) in [6.45, 7) is 10.7. The highest BCUT2D eigenvalue weighted by atomic mass is 15.1. The van der Waals surface area contributed by atoms with E-state index in [2.05, 4.69) is 24.1 Å². The Hall–Kier alpha value is -0.0800. The van der Waals surface area contributed by atoms with Crippen LogP contribution in [0.4, 0.5) is 0 Å². The standard InChI is InChI=1S/C15H30N2/c1-3-17(4-2)11-7-10-16-12-15-13-8-5-6-9-14(13)15/h13-16H,3-12H2,1-2H3. The lowest BCUT2D eigenvalue weighted by Crippen LogP contribution is -2.28. The first-order valence-electron chi connectivity index (χ1n) is 7.79. The molecule has 0 aromatic rings. The van der Waals surface area contributed by atoms with Crippen LogP contribution in [0.3, 0.4) is 0 Å². The molecule has 2 heteroatoms. The number of hydrogen-bond acceptors (Lipinski definition) is 2. The summed E-state index contributed by atoms with van der Waals surface area (Å²) in [5.41, 5.74) is 0. The maximum atomic E-state index is 3.68. The first kappa shape index (κ1) is 13.4. The molecular formula is C15H30N2. The van der Waals surface area contributed by atoms with Gasteiger partial charge in [0.25, 0.3) is 0 Å². The van der Waals surface area contributed by atoms with Crippen LogP contribution in [0.25, 0.3) is 0 Å². The van der Waals surface area contributed by atoms with Crippen molar-refractivity contribution in [2.24, 2.45) is 17.8 Å². The fourth-order valence-electron chi connectivity index (χ4n) is 3.68. The van der Waals surface area contributed by atoms with Gasteiger partial charge in [-0.15, -0.1) is 0 Å². The summed E-state index contributed by atoms with van der Waals surface area (Å²) in [7, 11) is 0. The van der Waals surface area contributed by atoms with E-state index in [1.807, 2.05) is 0 Å². The third kappa shape index (κ3) is 3.69. The molecule has 0 aromatic carbocycles. The van der Waals surface area contributed by atoms with Crippen LogP contribution >= 0.6 is 0 Å². The molecule has 2 aliphatic rings. The molecule has 0 radical (unpaired) electrons. The predicted octanol–water partition coefficient (Wildman–Crippen LogP) is 2.74. The van der Waals surface area contributed by atoms with E-state index in [-0.39, 0.29) is 0 Å². The molecular weight excluding hydrogens is 208 g/mol. The van der Waals surface area contributed by atoms with Crippen molar-refractivity contribution in [1.82, 2.24) is 10.2 Å². The Balaban J connectivity index is 1.47. The van der Waals surface area contributed by atoms with Gasteiger partial charge in [0, 0.05) is 0 Å². The van der Waals surface area contributed by atoms with E-state index in [1.165, 1.54) is 64.8 Å². The fraction of sp³-hybridized carbons (Fsp3) is 1.00. The lowest BCUT2D eigenvalue weighted by molar-refractivity contribution is 0.297. The van der Waals surface area contributed by atoms with Crippen molar-refractivity contribution in [2.45, 2.75) is 46.0 Å². The monoisotopic (exact) mass is 238 g/mol. The minimum Gasteiger partial charge on any atom is -0.316 e. The van der Waals surface area contributed by atoms with Crippen molar-refractivity contribution in [3.63, 3.8) is 0 Å². The van der Waals surface area contributed by atoms with Crippen molar-refractivity contribution in [1.29, 1.82) is 0 Å².